The van der Waals surface area contributed by atoms with Gasteiger partial charge in [0.2, 0.25) is 0 Å². The van der Waals surface area contributed by atoms with Gasteiger partial charge >= 0.3 is 0 Å². The number of hydrogen-bond acceptors (Lipinski definition) is 3. The zero-order valence-corrected chi connectivity index (χ0v) is 10.5. The van der Waals surface area contributed by atoms with Crippen molar-refractivity contribution in [3.8, 4) is 5.75 Å². The van der Waals surface area contributed by atoms with Crippen molar-refractivity contribution in [1.29, 1.82) is 0 Å². The molecule has 0 radical (unpaired) electrons. The maximum absolute atomic E-state index is 5.26. The van der Waals surface area contributed by atoms with Crippen molar-refractivity contribution in [2.24, 2.45) is 5.92 Å². The van der Waals surface area contributed by atoms with E-state index in [4.69, 9.17) is 4.74 Å². The van der Waals surface area contributed by atoms with E-state index in [1.165, 1.54) is 0 Å². The lowest BCUT2D eigenvalue weighted by Crippen LogP contribution is -2.21. The van der Waals surface area contributed by atoms with Gasteiger partial charge in [-0.25, -0.2) is 0 Å². The number of methoxy groups -OCH3 is 1. The fourth-order valence-electron chi connectivity index (χ4n) is 1.57. The highest BCUT2D eigenvalue weighted by molar-refractivity contribution is 5.26. The van der Waals surface area contributed by atoms with Crippen molar-refractivity contribution in [1.82, 2.24) is 10.3 Å². The van der Waals surface area contributed by atoms with Crippen LogP contribution in [0.4, 0.5) is 0 Å². The predicted octanol–water partition coefficient (Wildman–Crippen LogP) is 2.27. The zero-order valence-electron chi connectivity index (χ0n) is 10.5. The predicted molar refractivity (Wildman–Crippen MR) is 66.8 cm³/mol. The fraction of sp³-hybridized carbons (Fsp3) is 0.615. The zero-order chi connectivity index (χ0) is 11.8. The van der Waals surface area contributed by atoms with E-state index >= 15 is 0 Å². The summed E-state index contributed by atoms with van der Waals surface area (Å²) in [6.07, 6.45) is 3.88. The van der Waals surface area contributed by atoms with E-state index in [0.29, 0.717) is 5.92 Å². The van der Waals surface area contributed by atoms with Gasteiger partial charge in [0, 0.05) is 6.20 Å². The Balaban J connectivity index is 2.26. The molecule has 0 spiro atoms. The van der Waals surface area contributed by atoms with E-state index in [1.807, 2.05) is 18.3 Å². The molecule has 0 bridgehead atoms. The summed E-state index contributed by atoms with van der Waals surface area (Å²) in [5.41, 5.74) is 1.05. The molecule has 1 aromatic heterocycles. The van der Waals surface area contributed by atoms with Crippen LogP contribution in [-0.2, 0) is 6.42 Å². The summed E-state index contributed by atoms with van der Waals surface area (Å²) in [4.78, 5) is 4.33. The molecular weight excluding hydrogens is 200 g/mol. The Morgan fingerprint density at radius 2 is 2.25 bits per heavy atom. The number of ether oxygens (including phenoxy) is 1. The molecule has 3 heteroatoms. The number of aryl methyl sites for hydroxylation is 1. The molecule has 1 rings (SSSR count). The Morgan fingerprint density at radius 1 is 1.44 bits per heavy atom. The van der Waals surface area contributed by atoms with Gasteiger partial charge in [-0.15, -0.1) is 0 Å². The molecule has 1 aromatic rings. The second-order valence-electron chi connectivity index (χ2n) is 4.35. The highest BCUT2D eigenvalue weighted by Gasteiger charge is 2.02. The molecule has 0 aliphatic heterocycles. The van der Waals surface area contributed by atoms with Gasteiger partial charge < -0.3 is 10.1 Å². The molecule has 0 aliphatic carbocycles. The molecule has 0 unspecified atom stereocenters. The Morgan fingerprint density at radius 3 is 2.94 bits per heavy atom. The van der Waals surface area contributed by atoms with E-state index in [9.17, 15) is 0 Å². The minimum Gasteiger partial charge on any atom is -0.495 e. The summed E-state index contributed by atoms with van der Waals surface area (Å²) < 4.78 is 5.26. The van der Waals surface area contributed by atoms with Crippen LogP contribution in [0, 0.1) is 5.92 Å². The van der Waals surface area contributed by atoms with E-state index in [2.05, 4.69) is 24.1 Å². The van der Waals surface area contributed by atoms with Crippen LogP contribution in [0.3, 0.4) is 0 Å². The van der Waals surface area contributed by atoms with E-state index in [-0.39, 0.29) is 0 Å². The van der Waals surface area contributed by atoms with Gasteiger partial charge in [0.15, 0.2) is 0 Å². The first-order chi connectivity index (χ1) is 7.74. The van der Waals surface area contributed by atoms with Crippen LogP contribution in [0.1, 0.15) is 26.0 Å². The summed E-state index contributed by atoms with van der Waals surface area (Å²) in [7, 11) is 1.69. The van der Waals surface area contributed by atoms with Gasteiger partial charge in [0.05, 0.1) is 12.8 Å². The van der Waals surface area contributed by atoms with Crippen molar-refractivity contribution < 1.29 is 4.74 Å². The fourth-order valence-corrected chi connectivity index (χ4v) is 1.57. The van der Waals surface area contributed by atoms with E-state index in [1.54, 1.807) is 7.11 Å². The maximum Gasteiger partial charge on any atom is 0.140 e. The van der Waals surface area contributed by atoms with Crippen molar-refractivity contribution in [2.45, 2.75) is 26.7 Å². The largest absolute Gasteiger partial charge is 0.495 e. The summed E-state index contributed by atoms with van der Waals surface area (Å²) >= 11 is 0. The van der Waals surface area contributed by atoms with Crippen molar-refractivity contribution in [3.05, 3.63) is 24.0 Å². The minimum absolute atomic E-state index is 0.712. The molecule has 90 valence electrons. The van der Waals surface area contributed by atoms with Crippen LogP contribution in [0.15, 0.2) is 18.3 Å². The van der Waals surface area contributed by atoms with Crippen LogP contribution in [0.25, 0.3) is 0 Å². The molecule has 3 nitrogen and oxygen atoms in total. The summed E-state index contributed by atoms with van der Waals surface area (Å²) in [6.45, 7) is 6.56. The first kappa shape index (κ1) is 13.0. The molecule has 0 saturated carbocycles. The average molecular weight is 222 g/mol. The monoisotopic (exact) mass is 222 g/mol. The maximum atomic E-state index is 5.26. The van der Waals surface area contributed by atoms with Gasteiger partial charge in [-0.1, -0.05) is 13.8 Å². The second kappa shape index (κ2) is 7.23. The lowest BCUT2D eigenvalue weighted by atomic mass is 10.2. The third-order valence-electron chi connectivity index (χ3n) is 2.39. The molecule has 0 atom stereocenters. The molecule has 1 N–H and O–H groups in total. The quantitative estimate of drug-likeness (QED) is 0.719. The number of pyridine rings is 1. The molecule has 0 amide bonds. The van der Waals surface area contributed by atoms with Gasteiger partial charge in [-0.2, -0.15) is 0 Å². The van der Waals surface area contributed by atoms with Gasteiger partial charge in [0.1, 0.15) is 5.75 Å². The van der Waals surface area contributed by atoms with Crippen LogP contribution >= 0.6 is 0 Å². The first-order valence-electron chi connectivity index (χ1n) is 5.92. The van der Waals surface area contributed by atoms with Crippen LogP contribution in [0.5, 0.6) is 5.75 Å². The molecule has 0 aromatic carbocycles. The van der Waals surface area contributed by atoms with Crippen LogP contribution in [0.2, 0.25) is 0 Å². The standard InChI is InChI=1S/C13H22N2O/c1-11(2)10-14-8-4-6-12-13(16-3)7-5-9-15-12/h5,7,9,11,14H,4,6,8,10H2,1-3H3. The lowest BCUT2D eigenvalue weighted by Gasteiger charge is -2.08. The minimum atomic E-state index is 0.712. The molecule has 0 aliphatic rings. The van der Waals surface area contributed by atoms with Crippen LogP contribution in [-0.4, -0.2) is 25.2 Å². The normalized spacial score (nSPS) is 10.8. The van der Waals surface area contributed by atoms with E-state index < -0.39 is 0 Å². The average Bonchev–Trinajstić information content (AvgIpc) is 2.29. The number of nitrogens with one attached hydrogen (secondary N) is 1. The molecule has 0 saturated heterocycles. The van der Waals surface area contributed by atoms with Crippen molar-refractivity contribution >= 4 is 0 Å². The van der Waals surface area contributed by atoms with Crippen molar-refractivity contribution in [2.75, 3.05) is 20.2 Å². The molecule has 16 heavy (non-hydrogen) atoms. The Labute approximate surface area is 98.2 Å². The third kappa shape index (κ3) is 4.62. The van der Waals surface area contributed by atoms with E-state index in [0.717, 1.165) is 37.4 Å². The number of rotatable bonds is 7. The lowest BCUT2D eigenvalue weighted by molar-refractivity contribution is 0.405. The third-order valence-corrected chi connectivity index (χ3v) is 2.39. The molecular formula is C13H22N2O. The van der Waals surface area contributed by atoms with Crippen molar-refractivity contribution in [3.63, 3.8) is 0 Å². The topological polar surface area (TPSA) is 34.1 Å². The molecule has 1 heterocycles. The number of hydrogen-bond donors (Lipinski definition) is 1. The highest BCUT2D eigenvalue weighted by atomic mass is 16.5. The van der Waals surface area contributed by atoms with Gasteiger partial charge in [-0.3, -0.25) is 4.98 Å². The Bertz CT molecular complexity index is 300. The number of nitrogens with zero attached hydrogens (tertiary/aromatic N) is 1. The Hall–Kier alpha value is -1.09. The summed E-state index contributed by atoms with van der Waals surface area (Å²) in [6, 6.07) is 3.86. The first-order valence-corrected chi connectivity index (χ1v) is 5.92. The smallest absolute Gasteiger partial charge is 0.140 e. The second-order valence-corrected chi connectivity index (χ2v) is 4.35. The molecule has 0 fully saturated rings. The van der Waals surface area contributed by atoms with Gasteiger partial charge in [0.25, 0.3) is 0 Å². The number of aromatic nitrogens is 1. The summed E-state index contributed by atoms with van der Waals surface area (Å²) in [5.74, 6) is 1.61. The Kier molecular flexibility index (Phi) is 5.86. The van der Waals surface area contributed by atoms with Crippen LogP contribution < -0.4 is 10.1 Å². The SMILES string of the molecule is COc1cccnc1CCCNCC(C)C. The van der Waals surface area contributed by atoms with Gasteiger partial charge in [-0.05, 0) is 44.0 Å². The summed E-state index contributed by atoms with van der Waals surface area (Å²) in [5, 5.41) is 3.42. The highest BCUT2D eigenvalue weighted by Crippen LogP contribution is 2.15.